The first-order valence-corrected chi connectivity index (χ1v) is 15.0. The minimum Gasteiger partial charge on any atom is -0.443 e. The van der Waals surface area contributed by atoms with Crippen LogP contribution in [0.4, 0.5) is 4.79 Å². The van der Waals surface area contributed by atoms with E-state index in [-0.39, 0.29) is 18.3 Å². The Balaban J connectivity index is 1.40. The van der Waals surface area contributed by atoms with E-state index in [1.807, 2.05) is 30.3 Å². The largest absolute Gasteiger partial charge is 0.443 e. The van der Waals surface area contributed by atoms with Gasteiger partial charge in [-0.3, -0.25) is 0 Å². The highest BCUT2D eigenvalue weighted by Crippen LogP contribution is 2.19. The van der Waals surface area contributed by atoms with Crippen molar-refractivity contribution >= 4 is 6.09 Å². The molecular weight excluding hydrogens is 450 g/mol. The van der Waals surface area contributed by atoms with E-state index < -0.39 is 0 Å². The van der Waals surface area contributed by atoms with E-state index in [0.717, 1.165) is 24.8 Å². The van der Waals surface area contributed by atoms with Crippen molar-refractivity contribution in [1.82, 2.24) is 5.32 Å². The van der Waals surface area contributed by atoms with Crippen LogP contribution in [0.1, 0.15) is 122 Å². The zero-order valence-corrected chi connectivity index (χ0v) is 23.0. The van der Waals surface area contributed by atoms with Crippen LogP contribution in [0.25, 0.3) is 0 Å². The summed E-state index contributed by atoms with van der Waals surface area (Å²) in [6.45, 7) is 4.63. The van der Waals surface area contributed by atoms with Crippen molar-refractivity contribution in [3.8, 4) is 0 Å². The van der Waals surface area contributed by atoms with Gasteiger partial charge in [-0.15, -0.1) is 0 Å². The molecule has 1 aromatic rings. The molecule has 1 fully saturated rings. The number of rotatable bonds is 21. The highest BCUT2D eigenvalue weighted by Gasteiger charge is 2.29. The van der Waals surface area contributed by atoms with Gasteiger partial charge >= 0.3 is 6.09 Å². The molecule has 1 heterocycles. The summed E-state index contributed by atoms with van der Waals surface area (Å²) < 4.78 is 17.3. The molecule has 0 unspecified atom stereocenters. The van der Waals surface area contributed by atoms with Crippen LogP contribution in [0.15, 0.2) is 30.3 Å². The summed E-state index contributed by atoms with van der Waals surface area (Å²) in [6, 6.07) is 10.1. The smallest absolute Gasteiger partial charge is 0.407 e. The van der Waals surface area contributed by atoms with Gasteiger partial charge < -0.3 is 19.5 Å². The van der Waals surface area contributed by atoms with Gasteiger partial charge in [0.25, 0.3) is 0 Å². The number of amides is 1. The zero-order valence-electron chi connectivity index (χ0n) is 23.0. The van der Waals surface area contributed by atoms with Gasteiger partial charge in [0, 0.05) is 13.2 Å². The molecule has 0 radical (unpaired) electrons. The van der Waals surface area contributed by atoms with E-state index in [1.165, 1.54) is 89.9 Å². The number of carbonyl (C=O) groups excluding carboxylic acids is 1. The Morgan fingerprint density at radius 1 is 0.861 bits per heavy atom. The summed E-state index contributed by atoms with van der Waals surface area (Å²) in [5.41, 5.74) is 1.13. The lowest BCUT2D eigenvalue weighted by atomic mass is 10.0. The molecule has 0 saturated carbocycles. The summed E-state index contributed by atoms with van der Waals surface area (Å²) >= 11 is 0. The predicted octanol–water partition coefficient (Wildman–Crippen LogP) is 8.35. The van der Waals surface area contributed by atoms with Gasteiger partial charge in [0.15, 0.2) is 0 Å². The van der Waals surface area contributed by atoms with E-state index in [9.17, 15) is 4.79 Å². The van der Waals surface area contributed by atoms with Crippen molar-refractivity contribution in [3.63, 3.8) is 0 Å². The Morgan fingerprint density at radius 2 is 1.44 bits per heavy atom. The standard InChI is InChI=1S/C31H53NO4/c1-2-3-4-5-6-7-8-9-10-11-12-13-14-15-19-24-32-31(33)36-29-23-20-25-35-30(29)27-34-26-28-21-17-16-18-22-28/h16-18,21-22,29-30H,2-15,19-20,23-27H2,1H3,(H,32,33)/t29-,30+/m1/s1. The molecule has 0 aliphatic carbocycles. The van der Waals surface area contributed by atoms with Crippen molar-refractivity contribution < 1.29 is 19.0 Å². The minimum absolute atomic E-state index is 0.195. The zero-order chi connectivity index (χ0) is 25.5. The molecule has 1 amide bonds. The van der Waals surface area contributed by atoms with Crippen LogP contribution >= 0.6 is 0 Å². The molecule has 1 aromatic carbocycles. The number of hydrogen-bond acceptors (Lipinski definition) is 4. The number of unbranched alkanes of at least 4 members (excludes halogenated alkanes) is 14. The summed E-state index contributed by atoms with van der Waals surface area (Å²) in [5, 5.41) is 2.92. The number of nitrogens with one attached hydrogen (secondary N) is 1. The topological polar surface area (TPSA) is 56.8 Å². The molecule has 206 valence electrons. The van der Waals surface area contributed by atoms with Crippen LogP contribution in [-0.2, 0) is 20.8 Å². The predicted molar refractivity (Wildman–Crippen MR) is 148 cm³/mol. The number of hydrogen-bond donors (Lipinski definition) is 1. The van der Waals surface area contributed by atoms with E-state index in [0.29, 0.717) is 26.4 Å². The van der Waals surface area contributed by atoms with E-state index in [2.05, 4.69) is 12.2 Å². The quantitative estimate of drug-likeness (QED) is 0.171. The highest BCUT2D eigenvalue weighted by molar-refractivity contribution is 5.67. The lowest BCUT2D eigenvalue weighted by molar-refractivity contribution is -0.111. The van der Waals surface area contributed by atoms with Crippen molar-refractivity contribution in [1.29, 1.82) is 0 Å². The molecule has 2 rings (SSSR count). The average molecular weight is 504 g/mol. The summed E-state index contributed by atoms with van der Waals surface area (Å²) in [5.74, 6) is 0. The number of alkyl carbamates (subject to hydrolysis) is 1. The van der Waals surface area contributed by atoms with Crippen LogP contribution in [0, 0.1) is 0 Å². The lowest BCUT2D eigenvalue weighted by Crippen LogP contribution is -2.42. The average Bonchev–Trinajstić information content (AvgIpc) is 2.90. The fraction of sp³-hybridized carbons (Fsp3) is 0.774. The molecule has 0 spiro atoms. The van der Waals surface area contributed by atoms with Gasteiger partial charge in [0.1, 0.15) is 12.2 Å². The Hall–Kier alpha value is -1.59. The molecule has 1 saturated heterocycles. The number of carbonyl (C=O) groups is 1. The Kier molecular flexibility index (Phi) is 18.3. The number of ether oxygens (including phenoxy) is 3. The maximum Gasteiger partial charge on any atom is 0.407 e. The summed E-state index contributed by atoms with van der Waals surface area (Å²) in [7, 11) is 0. The molecule has 5 nitrogen and oxygen atoms in total. The Bertz CT molecular complexity index is 639. The molecule has 1 aliphatic rings. The third-order valence-electron chi connectivity index (χ3n) is 7.08. The van der Waals surface area contributed by atoms with Crippen molar-refractivity contribution in [2.75, 3.05) is 19.8 Å². The molecule has 1 aliphatic heterocycles. The molecule has 5 heteroatoms. The maximum absolute atomic E-state index is 12.3. The van der Waals surface area contributed by atoms with E-state index in [1.54, 1.807) is 0 Å². The molecular formula is C31H53NO4. The SMILES string of the molecule is CCCCCCCCCCCCCCCCCNC(=O)O[C@@H]1CCCO[C@H]1COCc1ccccc1. The van der Waals surface area contributed by atoms with Crippen LogP contribution in [0.2, 0.25) is 0 Å². The van der Waals surface area contributed by atoms with Gasteiger partial charge in [-0.1, -0.05) is 127 Å². The molecule has 1 N–H and O–H groups in total. The third kappa shape index (κ3) is 15.5. The van der Waals surface area contributed by atoms with E-state index in [4.69, 9.17) is 14.2 Å². The van der Waals surface area contributed by atoms with Crippen molar-refractivity contribution in [3.05, 3.63) is 35.9 Å². The molecule has 0 aromatic heterocycles. The fourth-order valence-electron chi connectivity index (χ4n) is 4.84. The van der Waals surface area contributed by atoms with Crippen molar-refractivity contribution in [2.24, 2.45) is 0 Å². The highest BCUT2D eigenvalue weighted by atomic mass is 16.6. The third-order valence-corrected chi connectivity index (χ3v) is 7.08. The second-order valence-electron chi connectivity index (χ2n) is 10.4. The van der Waals surface area contributed by atoms with Crippen LogP contribution in [0.5, 0.6) is 0 Å². The minimum atomic E-state index is -0.330. The molecule has 0 bridgehead atoms. The number of benzene rings is 1. The lowest BCUT2D eigenvalue weighted by Gasteiger charge is -2.31. The molecule has 36 heavy (non-hydrogen) atoms. The van der Waals surface area contributed by atoms with Gasteiger partial charge in [-0.05, 0) is 24.8 Å². The van der Waals surface area contributed by atoms with Crippen LogP contribution < -0.4 is 5.32 Å². The first kappa shape index (κ1) is 30.6. The van der Waals surface area contributed by atoms with Gasteiger partial charge in [0.2, 0.25) is 0 Å². The fourth-order valence-corrected chi connectivity index (χ4v) is 4.84. The monoisotopic (exact) mass is 503 g/mol. The second-order valence-corrected chi connectivity index (χ2v) is 10.4. The second kappa shape index (κ2) is 21.5. The summed E-state index contributed by atoms with van der Waals surface area (Å²) in [4.78, 5) is 12.3. The van der Waals surface area contributed by atoms with Gasteiger partial charge in [-0.25, -0.2) is 4.79 Å². The van der Waals surface area contributed by atoms with E-state index >= 15 is 0 Å². The summed E-state index contributed by atoms with van der Waals surface area (Å²) in [6.07, 6.45) is 21.1. The molecule has 2 atom stereocenters. The first-order valence-electron chi connectivity index (χ1n) is 15.0. The normalized spacial score (nSPS) is 17.7. The maximum atomic E-state index is 12.3. The Morgan fingerprint density at radius 3 is 2.06 bits per heavy atom. The van der Waals surface area contributed by atoms with Crippen LogP contribution in [-0.4, -0.2) is 38.1 Å². The van der Waals surface area contributed by atoms with Gasteiger partial charge in [0.05, 0.1) is 13.2 Å². The van der Waals surface area contributed by atoms with Gasteiger partial charge in [-0.2, -0.15) is 0 Å². The van der Waals surface area contributed by atoms with Crippen LogP contribution in [0.3, 0.4) is 0 Å². The Labute approximate surface area is 221 Å². The first-order chi connectivity index (χ1) is 17.8. The van der Waals surface area contributed by atoms with Crippen molar-refractivity contribution in [2.45, 2.75) is 135 Å².